The zero-order chi connectivity index (χ0) is 15.2. The van der Waals surface area contributed by atoms with Crippen LogP contribution in [0.3, 0.4) is 0 Å². The predicted octanol–water partition coefficient (Wildman–Crippen LogP) is -1.48. The number of amides is 2. The molecule has 9 nitrogen and oxygen atoms in total. The van der Waals surface area contributed by atoms with E-state index < -0.39 is 28.8 Å². The van der Waals surface area contributed by atoms with E-state index in [0.29, 0.717) is 25.9 Å². The molecule has 0 bridgehead atoms. The van der Waals surface area contributed by atoms with Crippen LogP contribution in [0, 0.1) is 0 Å². The van der Waals surface area contributed by atoms with Crippen LogP contribution in [0.5, 0.6) is 0 Å². The molecule has 0 aliphatic carbocycles. The second kappa shape index (κ2) is 7.41. The maximum Gasteiger partial charge on any atom is 0.421 e. The van der Waals surface area contributed by atoms with Crippen LogP contribution < -0.4 is 15.8 Å². The maximum absolute atomic E-state index is 12.1. The standard InChI is InChI=1S/C10H20N4O5S/c1-2-19-10(16)13-20(17,18)14(7-9(11)15)8-3-5-12-6-4-8/h8,12H,2-7H2,1H3,(H2,11,15)(H,13,16). The van der Waals surface area contributed by atoms with Crippen molar-refractivity contribution in [3.8, 4) is 0 Å². The van der Waals surface area contributed by atoms with Crippen molar-refractivity contribution in [1.82, 2.24) is 14.3 Å². The van der Waals surface area contributed by atoms with Crippen LogP contribution in [-0.2, 0) is 19.7 Å². The first-order valence-corrected chi connectivity index (χ1v) is 7.76. The number of rotatable bonds is 6. The number of carbonyl (C=O) groups is 2. The van der Waals surface area contributed by atoms with Gasteiger partial charge in [0.15, 0.2) is 0 Å². The third-order valence-corrected chi connectivity index (χ3v) is 4.29. The second-order valence-electron chi connectivity index (χ2n) is 4.32. The van der Waals surface area contributed by atoms with E-state index in [0.717, 1.165) is 4.31 Å². The molecule has 1 fully saturated rings. The molecular weight excluding hydrogens is 288 g/mol. The summed E-state index contributed by atoms with van der Waals surface area (Å²) in [6.07, 6.45) is 0.00418. The number of carbonyl (C=O) groups excluding carboxylic acids is 2. The molecule has 0 aromatic heterocycles. The third kappa shape index (κ3) is 4.94. The molecule has 1 rings (SSSR count). The Labute approximate surface area is 118 Å². The summed E-state index contributed by atoms with van der Waals surface area (Å²) in [4.78, 5) is 22.3. The lowest BCUT2D eigenvalue weighted by Gasteiger charge is -2.32. The van der Waals surface area contributed by atoms with Gasteiger partial charge in [-0.2, -0.15) is 12.7 Å². The van der Waals surface area contributed by atoms with Crippen molar-refractivity contribution in [3.63, 3.8) is 0 Å². The van der Waals surface area contributed by atoms with Gasteiger partial charge in [-0.1, -0.05) is 0 Å². The molecule has 0 saturated carbocycles. The fraction of sp³-hybridized carbons (Fsp3) is 0.800. The highest BCUT2D eigenvalue weighted by molar-refractivity contribution is 7.87. The van der Waals surface area contributed by atoms with Crippen molar-refractivity contribution in [2.45, 2.75) is 25.8 Å². The second-order valence-corrected chi connectivity index (χ2v) is 5.94. The van der Waals surface area contributed by atoms with E-state index in [1.165, 1.54) is 0 Å². The topological polar surface area (TPSA) is 131 Å². The van der Waals surface area contributed by atoms with Crippen molar-refractivity contribution < 1.29 is 22.7 Å². The Kier molecular flexibility index (Phi) is 6.17. The van der Waals surface area contributed by atoms with Crippen LogP contribution in [-0.4, -0.2) is 57.0 Å². The Hall–Kier alpha value is -1.39. The summed E-state index contributed by atoms with van der Waals surface area (Å²) in [7, 11) is -4.16. The van der Waals surface area contributed by atoms with Crippen molar-refractivity contribution in [1.29, 1.82) is 0 Å². The van der Waals surface area contributed by atoms with Gasteiger partial charge < -0.3 is 15.8 Å². The molecule has 1 aliphatic rings. The van der Waals surface area contributed by atoms with Crippen molar-refractivity contribution in [3.05, 3.63) is 0 Å². The largest absolute Gasteiger partial charge is 0.449 e. The lowest BCUT2D eigenvalue weighted by atomic mass is 10.1. The number of nitrogens with one attached hydrogen (secondary N) is 2. The molecule has 1 aliphatic heterocycles. The number of nitrogens with zero attached hydrogens (tertiary/aromatic N) is 1. The maximum atomic E-state index is 12.1. The highest BCUT2D eigenvalue weighted by Gasteiger charge is 2.33. The summed E-state index contributed by atoms with van der Waals surface area (Å²) in [5.74, 6) is -0.780. The summed E-state index contributed by atoms with van der Waals surface area (Å²) in [5, 5.41) is 3.09. The minimum Gasteiger partial charge on any atom is -0.449 e. The average Bonchev–Trinajstić information content (AvgIpc) is 2.36. The molecule has 0 aromatic carbocycles. The van der Waals surface area contributed by atoms with Gasteiger partial charge in [0.2, 0.25) is 5.91 Å². The predicted molar refractivity (Wildman–Crippen MR) is 70.9 cm³/mol. The summed E-state index contributed by atoms with van der Waals surface area (Å²) in [6, 6.07) is -0.379. The monoisotopic (exact) mass is 308 g/mol. The zero-order valence-electron chi connectivity index (χ0n) is 11.3. The smallest absolute Gasteiger partial charge is 0.421 e. The molecule has 20 heavy (non-hydrogen) atoms. The molecule has 1 heterocycles. The molecular formula is C10H20N4O5S. The lowest BCUT2D eigenvalue weighted by molar-refractivity contribution is -0.118. The van der Waals surface area contributed by atoms with E-state index in [-0.39, 0.29) is 12.6 Å². The highest BCUT2D eigenvalue weighted by Crippen LogP contribution is 2.15. The van der Waals surface area contributed by atoms with E-state index in [2.05, 4.69) is 10.1 Å². The van der Waals surface area contributed by atoms with Crippen LogP contribution in [0.15, 0.2) is 0 Å². The summed E-state index contributed by atoms with van der Waals surface area (Å²) >= 11 is 0. The van der Waals surface area contributed by atoms with Gasteiger partial charge in [-0.15, -0.1) is 0 Å². The van der Waals surface area contributed by atoms with Gasteiger partial charge >= 0.3 is 16.3 Å². The Morgan fingerprint density at radius 1 is 1.40 bits per heavy atom. The SMILES string of the molecule is CCOC(=O)NS(=O)(=O)N(CC(N)=O)C1CCNCC1. The van der Waals surface area contributed by atoms with E-state index in [1.54, 1.807) is 11.6 Å². The van der Waals surface area contributed by atoms with Crippen molar-refractivity contribution >= 4 is 22.2 Å². The van der Waals surface area contributed by atoms with Crippen LogP contribution in [0.4, 0.5) is 4.79 Å². The minimum atomic E-state index is -4.16. The minimum absolute atomic E-state index is 0.0462. The first kappa shape index (κ1) is 16.7. The van der Waals surface area contributed by atoms with Crippen molar-refractivity contribution in [2.24, 2.45) is 5.73 Å². The number of primary amides is 1. The molecule has 4 N–H and O–H groups in total. The average molecular weight is 308 g/mol. The fourth-order valence-corrected chi connectivity index (χ4v) is 3.27. The third-order valence-electron chi connectivity index (χ3n) is 2.82. The van der Waals surface area contributed by atoms with Crippen molar-refractivity contribution in [2.75, 3.05) is 26.2 Å². The molecule has 0 radical (unpaired) electrons. The van der Waals surface area contributed by atoms with Gasteiger partial charge in [0.25, 0.3) is 0 Å². The Morgan fingerprint density at radius 2 is 2.00 bits per heavy atom. The van der Waals surface area contributed by atoms with Crippen LogP contribution in [0.2, 0.25) is 0 Å². The quantitative estimate of drug-likeness (QED) is 0.548. The Balaban J connectivity index is 2.84. The number of hydrogen-bond donors (Lipinski definition) is 3. The number of piperidine rings is 1. The van der Waals surface area contributed by atoms with E-state index >= 15 is 0 Å². The summed E-state index contributed by atoms with van der Waals surface area (Å²) in [5.41, 5.74) is 5.08. The Morgan fingerprint density at radius 3 is 2.50 bits per heavy atom. The molecule has 1 saturated heterocycles. The van der Waals surface area contributed by atoms with Gasteiger partial charge in [0.05, 0.1) is 13.2 Å². The van der Waals surface area contributed by atoms with Gasteiger partial charge in [-0.05, 0) is 32.9 Å². The van der Waals surface area contributed by atoms with Crippen LogP contribution in [0.1, 0.15) is 19.8 Å². The number of nitrogens with two attached hydrogens (primary N) is 1. The summed E-state index contributed by atoms with van der Waals surface area (Å²) in [6.45, 7) is 2.40. The Bertz CT molecular complexity index is 447. The van der Waals surface area contributed by atoms with Gasteiger partial charge in [0.1, 0.15) is 0 Å². The number of ether oxygens (including phenoxy) is 1. The van der Waals surface area contributed by atoms with Gasteiger partial charge in [0, 0.05) is 6.04 Å². The van der Waals surface area contributed by atoms with Crippen LogP contribution >= 0.6 is 0 Å². The molecule has 0 spiro atoms. The fourth-order valence-electron chi connectivity index (χ4n) is 1.98. The molecule has 0 unspecified atom stereocenters. The van der Waals surface area contributed by atoms with E-state index in [9.17, 15) is 18.0 Å². The molecule has 2 amide bonds. The van der Waals surface area contributed by atoms with Gasteiger partial charge in [-0.25, -0.2) is 9.52 Å². The van der Waals surface area contributed by atoms with E-state index in [1.807, 2.05) is 0 Å². The van der Waals surface area contributed by atoms with E-state index in [4.69, 9.17) is 5.73 Å². The molecule has 0 aromatic rings. The first-order valence-electron chi connectivity index (χ1n) is 6.32. The lowest BCUT2D eigenvalue weighted by Crippen LogP contribution is -2.53. The molecule has 10 heteroatoms. The normalized spacial score (nSPS) is 16.9. The first-order chi connectivity index (χ1) is 9.36. The summed E-state index contributed by atoms with van der Waals surface area (Å²) < 4.78 is 31.5. The zero-order valence-corrected chi connectivity index (χ0v) is 12.1. The molecule has 116 valence electrons. The van der Waals surface area contributed by atoms with Crippen LogP contribution in [0.25, 0.3) is 0 Å². The number of hydrogen-bond acceptors (Lipinski definition) is 6. The highest BCUT2D eigenvalue weighted by atomic mass is 32.2. The molecule has 0 atom stereocenters. The van der Waals surface area contributed by atoms with Gasteiger partial charge in [-0.3, -0.25) is 4.79 Å².